The van der Waals surface area contributed by atoms with E-state index >= 15 is 0 Å². The van der Waals surface area contributed by atoms with Crippen molar-refractivity contribution >= 4 is 0 Å². The third-order valence-electron chi connectivity index (χ3n) is 3.76. The van der Waals surface area contributed by atoms with Crippen LogP contribution >= 0.6 is 0 Å². The van der Waals surface area contributed by atoms with Crippen LogP contribution in [0.15, 0.2) is 24.3 Å². The monoisotopic (exact) mass is 262 g/mol. The van der Waals surface area contributed by atoms with Gasteiger partial charge >= 0.3 is 0 Å². The Bertz CT molecular complexity index is 350. The summed E-state index contributed by atoms with van der Waals surface area (Å²) in [5.74, 6) is 1.72. The van der Waals surface area contributed by atoms with Gasteiger partial charge in [-0.05, 0) is 50.3 Å². The first-order valence-electron chi connectivity index (χ1n) is 7.60. The van der Waals surface area contributed by atoms with E-state index < -0.39 is 0 Å². The van der Waals surface area contributed by atoms with E-state index in [-0.39, 0.29) is 6.10 Å². The van der Waals surface area contributed by atoms with Crippen LogP contribution in [-0.2, 0) is 4.74 Å². The molecule has 0 aliphatic heterocycles. The second-order valence-corrected chi connectivity index (χ2v) is 5.67. The van der Waals surface area contributed by atoms with Crippen LogP contribution < -0.4 is 4.74 Å². The zero-order valence-electron chi connectivity index (χ0n) is 12.2. The number of ether oxygens (including phenoxy) is 2. The van der Waals surface area contributed by atoms with E-state index in [4.69, 9.17) is 9.47 Å². The molecular weight excluding hydrogens is 236 g/mol. The Morgan fingerprint density at radius 1 is 1.00 bits per heavy atom. The molecule has 106 valence electrons. The van der Waals surface area contributed by atoms with Gasteiger partial charge in [0.2, 0.25) is 0 Å². The Kier molecular flexibility index (Phi) is 5.71. The van der Waals surface area contributed by atoms with Gasteiger partial charge in [0.05, 0.1) is 12.7 Å². The average molecular weight is 262 g/mol. The van der Waals surface area contributed by atoms with Crippen molar-refractivity contribution < 1.29 is 9.47 Å². The molecule has 0 bridgehead atoms. The molecular formula is C17H26O2. The maximum atomic E-state index is 5.67. The summed E-state index contributed by atoms with van der Waals surface area (Å²) in [6, 6.07) is 8.65. The van der Waals surface area contributed by atoms with Gasteiger partial charge in [0, 0.05) is 0 Å². The second kappa shape index (κ2) is 7.54. The van der Waals surface area contributed by atoms with Crippen molar-refractivity contribution in [1.29, 1.82) is 0 Å². The molecule has 2 nitrogen and oxygen atoms in total. The summed E-state index contributed by atoms with van der Waals surface area (Å²) < 4.78 is 11.1. The van der Waals surface area contributed by atoms with Gasteiger partial charge < -0.3 is 9.47 Å². The van der Waals surface area contributed by atoms with Crippen LogP contribution in [0.25, 0.3) is 0 Å². The molecule has 1 aromatic carbocycles. The molecule has 1 fully saturated rings. The third-order valence-corrected chi connectivity index (χ3v) is 3.76. The highest BCUT2D eigenvalue weighted by Crippen LogP contribution is 2.33. The zero-order valence-corrected chi connectivity index (χ0v) is 12.2. The molecule has 19 heavy (non-hydrogen) atoms. The van der Waals surface area contributed by atoms with Crippen molar-refractivity contribution in [3.05, 3.63) is 29.8 Å². The van der Waals surface area contributed by atoms with Gasteiger partial charge in [-0.15, -0.1) is 0 Å². The Labute approximate surface area is 117 Å². The van der Waals surface area contributed by atoms with Gasteiger partial charge in [-0.3, -0.25) is 0 Å². The average Bonchev–Trinajstić information content (AvgIpc) is 2.45. The number of rotatable bonds is 6. The molecule has 0 aromatic heterocycles. The summed E-state index contributed by atoms with van der Waals surface area (Å²) in [5.41, 5.74) is 1.48. The second-order valence-electron chi connectivity index (χ2n) is 5.67. The van der Waals surface area contributed by atoms with Crippen molar-refractivity contribution in [2.75, 3.05) is 13.2 Å². The van der Waals surface area contributed by atoms with E-state index in [1.165, 1.54) is 37.7 Å². The van der Waals surface area contributed by atoms with Crippen LogP contribution in [0.4, 0.5) is 0 Å². The fourth-order valence-electron chi connectivity index (χ4n) is 2.72. The Balaban J connectivity index is 1.77. The molecule has 1 aliphatic rings. The lowest BCUT2D eigenvalue weighted by atomic mass is 9.84. The molecule has 2 heteroatoms. The van der Waals surface area contributed by atoms with Crippen LogP contribution in [0.2, 0.25) is 0 Å². The minimum Gasteiger partial charge on any atom is -0.491 e. The highest BCUT2D eigenvalue weighted by molar-refractivity contribution is 5.29. The molecule has 0 saturated heterocycles. The first kappa shape index (κ1) is 14.4. The molecule has 0 atom stereocenters. The van der Waals surface area contributed by atoms with Crippen molar-refractivity contribution in [2.45, 2.75) is 58.0 Å². The lowest BCUT2D eigenvalue weighted by molar-refractivity contribution is 0.0552. The molecule has 1 saturated carbocycles. The summed E-state index contributed by atoms with van der Waals surface area (Å²) in [4.78, 5) is 0. The molecule has 1 aliphatic carbocycles. The molecule has 0 amide bonds. The number of hydrogen-bond acceptors (Lipinski definition) is 2. The minimum atomic E-state index is 0.275. The van der Waals surface area contributed by atoms with E-state index in [0.717, 1.165) is 11.7 Å². The molecule has 0 spiro atoms. The van der Waals surface area contributed by atoms with Gasteiger partial charge in [-0.25, -0.2) is 0 Å². The molecule has 0 heterocycles. The minimum absolute atomic E-state index is 0.275. The third kappa shape index (κ3) is 4.87. The lowest BCUT2D eigenvalue weighted by Crippen LogP contribution is -2.11. The summed E-state index contributed by atoms with van der Waals surface area (Å²) in [6.45, 7) is 5.36. The lowest BCUT2D eigenvalue weighted by Gasteiger charge is -2.22. The first-order valence-corrected chi connectivity index (χ1v) is 7.60. The van der Waals surface area contributed by atoms with E-state index in [1.54, 1.807) is 0 Å². The van der Waals surface area contributed by atoms with E-state index in [2.05, 4.69) is 24.3 Å². The van der Waals surface area contributed by atoms with Gasteiger partial charge in [0.25, 0.3) is 0 Å². The smallest absolute Gasteiger partial charge is 0.119 e. The Hall–Kier alpha value is -1.02. The summed E-state index contributed by atoms with van der Waals surface area (Å²) >= 11 is 0. The SMILES string of the molecule is CC(C)OCCOc1ccc(C2CCCCC2)cc1. The first-order chi connectivity index (χ1) is 9.25. The van der Waals surface area contributed by atoms with Crippen LogP contribution in [-0.4, -0.2) is 19.3 Å². The zero-order chi connectivity index (χ0) is 13.5. The van der Waals surface area contributed by atoms with Crippen LogP contribution in [0.1, 0.15) is 57.4 Å². The molecule has 1 aromatic rings. The Morgan fingerprint density at radius 3 is 2.32 bits per heavy atom. The van der Waals surface area contributed by atoms with Gasteiger partial charge in [0.15, 0.2) is 0 Å². The molecule has 0 radical (unpaired) electrons. The summed E-state index contributed by atoms with van der Waals surface area (Å²) in [6.07, 6.45) is 7.15. The highest BCUT2D eigenvalue weighted by Gasteiger charge is 2.15. The van der Waals surface area contributed by atoms with Crippen molar-refractivity contribution in [3.8, 4) is 5.75 Å². The van der Waals surface area contributed by atoms with E-state index in [9.17, 15) is 0 Å². The van der Waals surface area contributed by atoms with Crippen LogP contribution in [0, 0.1) is 0 Å². The van der Waals surface area contributed by atoms with Crippen LogP contribution in [0.3, 0.4) is 0 Å². The Morgan fingerprint density at radius 2 is 1.68 bits per heavy atom. The fourth-order valence-corrected chi connectivity index (χ4v) is 2.72. The normalized spacial score (nSPS) is 16.8. The highest BCUT2D eigenvalue weighted by atomic mass is 16.5. The standard InChI is InChI=1S/C17H26O2/c1-14(2)18-12-13-19-17-10-8-16(9-11-17)15-6-4-3-5-7-15/h8-11,14-15H,3-7,12-13H2,1-2H3. The maximum absolute atomic E-state index is 5.67. The van der Waals surface area contributed by atoms with Gasteiger partial charge in [0.1, 0.15) is 12.4 Å². The molecule has 0 unspecified atom stereocenters. The van der Waals surface area contributed by atoms with Crippen LogP contribution in [0.5, 0.6) is 5.75 Å². The molecule has 0 N–H and O–H groups in total. The largest absolute Gasteiger partial charge is 0.491 e. The van der Waals surface area contributed by atoms with Gasteiger partial charge in [-0.2, -0.15) is 0 Å². The molecule has 2 rings (SSSR count). The maximum Gasteiger partial charge on any atom is 0.119 e. The fraction of sp³-hybridized carbons (Fsp3) is 0.647. The summed E-state index contributed by atoms with van der Waals surface area (Å²) in [5, 5.41) is 0. The number of hydrogen-bond donors (Lipinski definition) is 0. The van der Waals surface area contributed by atoms with Crippen molar-refractivity contribution in [2.24, 2.45) is 0 Å². The summed E-state index contributed by atoms with van der Waals surface area (Å²) in [7, 11) is 0. The predicted octanol–water partition coefficient (Wildman–Crippen LogP) is 4.54. The quantitative estimate of drug-likeness (QED) is 0.701. The predicted molar refractivity (Wildman–Crippen MR) is 78.9 cm³/mol. The van der Waals surface area contributed by atoms with Crippen molar-refractivity contribution in [3.63, 3.8) is 0 Å². The van der Waals surface area contributed by atoms with Gasteiger partial charge in [-0.1, -0.05) is 31.4 Å². The topological polar surface area (TPSA) is 18.5 Å². The van der Waals surface area contributed by atoms with E-state index in [0.29, 0.717) is 13.2 Å². The number of benzene rings is 1. The van der Waals surface area contributed by atoms with Crippen molar-refractivity contribution in [1.82, 2.24) is 0 Å². The van der Waals surface area contributed by atoms with E-state index in [1.807, 2.05) is 13.8 Å².